The van der Waals surface area contributed by atoms with E-state index in [1.165, 1.54) is 19.1 Å². The standard InChI is InChI=1S/C21H24ClFN2O3/c1-15(26)25-20(16-4-6-17(22)7-5-16)14-21(27)24-12-2-3-13-28-19-10-8-18(23)9-11-19/h4-11,20H,2-3,12-14H2,1H3,(H,24,27)(H,25,26). The van der Waals surface area contributed by atoms with Gasteiger partial charge in [-0.3, -0.25) is 9.59 Å². The minimum Gasteiger partial charge on any atom is -0.494 e. The molecule has 0 heterocycles. The molecule has 2 aromatic rings. The second-order valence-corrected chi connectivity index (χ2v) is 6.80. The van der Waals surface area contributed by atoms with E-state index in [0.717, 1.165) is 18.4 Å². The largest absolute Gasteiger partial charge is 0.494 e. The molecular weight excluding hydrogens is 383 g/mol. The molecule has 7 heteroatoms. The molecule has 0 bridgehead atoms. The van der Waals surface area contributed by atoms with E-state index in [0.29, 0.717) is 23.9 Å². The molecule has 2 N–H and O–H groups in total. The van der Waals surface area contributed by atoms with E-state index >= 15 is 0 Å². The van der Waals surface area contributed by atoms with E-state index in [9.17, 15) is 14.0 Å². The van der Waals surface area contributed by atoms with Crippen molar-refractivity contribution in [3.8, 4) is 5.75 Å². The van der Waals surface area contributed by atoms with Crippen LogP contribution in [0.25, 0.3) is 0 Å². The van der Waals surface area contributed by atoms with Crippen LogP contribution in [0.1, 0.15) is 37.8 Å². The Morgan fingerprint density at radius 3 is 2.39 bits per heavy atom. The van der Waals surface area contributed by atoms with E-state index < -0.39 is 6.04 Å². The molecule has 1 atom stereocenters. The van der Waals surface area contributed by atoms with Gasteiger partial charge in [0, 0.05) is 18.5 Å². The van der Waals surface area contributed by atoms with Crippen molar-refractivity contribution in [3.63, 3.8) is 0 Å². The van der Waals surface area contributed by atoms with Gasteiger partial charge in [-0.2, -0.15) is 0 Å². The first-order chi connectivity index (χ1) is 13.4. The number of hydrogen-bond acceptors (Lipinski definition) is 3. The molecule has 0 saturated carbocycles. The normalized spacial score (nSPS) is 11.5. The molecule has 0 radical (unpaired) electrons. The Kier molecular flexibility index (Phi) is 8.75. The average Bonchev–Trinajstić information content (AvgIpc) is 2.65. The monoisotopic (exact) mass is 406 g/mol. The van der Waals surface area contributed by atoms with Crippen molar-refractivity contribution in [2.45, 2.75) is 32.2 Å². The highest BCUT2D eigenvalue weighted by Gasteiger charge is 2.16. The van der Waals surface area contributed by atoms with Gasteiger partial charge in [0.05, 0.1) is 19.1 Å². The Bertz CT molecular complexity index is 766. The lowest BCUT2D eigenvalue weighted by Gasteiger charge is -2.18. The molecule has 150 valence electrons. The van der Waals surface area contributed by atoms with Crippen LogP contribution < -0.4 is 15.4 Å². The van der Waals surface area contributed by atoms with Gasteiger partial charge in [-0.05, 0) is 54.8 Å². The third kappa shape index (κ3) is 7.96. The number of halogens is 2. The molecule has 0 spiro atoms. The minimum absolute atomic E-state index is 0.145. The van der Waals surface area contributed by atoms with Gasteiger partial charge in [0.25, 0.3) is 0 Å². The van der Waals surface area contributed by atoms with Crippen LogP contribution in [0.15, 0.2) is 48.5 Å². The van der Waals surface area contributed by atoms with Crippen molar-refractivity contribution < 1.29 is 18.7 Å². The highest BCUT2D eigenvalue weighted by atomic mass is 35.5. The van der Waals surface area contributed by atoms with Crippen LogP contribution in [-0.4, -0.2) is 25.0 Å². The predicted octanol–water partition coefficient (Wildman–Crippen LogP) is 4.02. The van der Waals surface area contributed by atoms with Crippen molar-refractivity contribution in [1.82, 2.24) is 10.6 Å². The van der Waals surface area contributed by atoms with Crippen molar-refractivity contribution in [2.24, 2.45) is 0 Å². The Hall–Kier alpha value is -2.60. The quantitative estimate of drug-likeness (QED) is 0.585. The van der Waals surface area contributed by atoms with E-state index in [1.807, 2.05) is 0 Å². The Balaban J connectivity index is 1.69. The van der Waals surface area contributed by atoms with E-state index in [-0.39, 0.29) is 24.1 Å². The van der Waals surface area contributed by atoms with E-state index in [2.05, 4.69) is 10.6 Å². The summed E-state index contributed by atoms with van der Waals surface area (Å²) in [6.07, 6.45) is 1.65. The molecule has 0 aromatic heterocycles. The van der Waals surface area contributed by atoms with Crippen LogP contribution in [0, 0.1) is 5.82 Å². The molecule has 1 unspecified atom stereocenters. The minimum atomic E-state index is -0.406. The topological polar surface area (TPSA) is 67.4 Å². The Morgan fingerprint density at radius 1 is 1.07 bits per heavy atom. The number of rotatable bonds is 10. The van der Waals surface area contributed by atoms with Crippen LogP contribution in [0.4, 0.5) is 4.39 Å². The summed E-state index contributed by atoms with van der Waals surface area (Å²) in [4.78, 5) is 23.6. The number of carbonyl (C=O) groups is 2. The first-order valence-electron chi connectivity index (χ1n) is 9.11. The fraction of sp³-hybridized carbons (Fsp3) is 0.333. The Labute approximate surface area is 169 Å². The maximum atomic E-state index is 12.8. The highest BCUT2D eigenvalue weighted by Crippen LogP contribution is 2.19. The zero-order valence-electron chi connectivity index (χ0n) is 15.7. The highest BCUT2D eigenvalue weighted by molar-refractivity contribution is 6.30. The summed E-state index contributed by atoms with van der Waals surface area (Å²) in [5.41, 5.74) is 0.822. The lowest BCUT2D eigenvalue weighted by molar-refractivity contribution is -0.122. The number of amides is 2. The molecule has 0 aliphatic heterocycles. The molecule has 0 saturated heterocycles. The predicted molar refractivity (Wildman–Crippen MR) is 107 cm³/mol. The average molecular weight is 407 g/mol. The maximum Gasteiger partial charge on any atom is 0.222 e. The molecule has 2 rings (SSSR count). The summed E-state index contributed by atoms with van der Waals surface area (Å²) in [6, 6.07) is 12.5. The number of unbranched alkanes of at least 4 members (excludes halogenated alkanes) is 1. The second kappa shape index (κ2) is 11.3. The fourth-order valence-corrected chi connectivity index (χ4v) is 2.75. The molecule has 2 aromatic carbocycles. The van der Waals surface area contributed by atoms with Crippen LogP contribution in [0.3, 0.4) is 0 Å². The smallest absolute Gasteiger partial charge is 0.222 e. The first-order valence-corrected chi connectivity index (χ1v) is 9.49. The summed E-state index contributed by atoms with van der Waals surface area (Å²) in [5.74, 6) is -0.0309. The molecule has 2 amide bonds. The van der Waals surface area contributed by atoms with Crippen LogP contribution in [0.5, 0.6) is 5.75 Å². The molecule has 5 nitrogen and oxygen atoms in total. The van der Waals surface area contributed by atoms with Gasteiger partial charge in [0.15, 0.2) is 0 Å². The molecule has 0 aliphatic carbocycles. The van der Waals surface area contributed by atoms with Crippen molar-refractivity contribution >= 4 is 23.4 Å². The van der Waals surface area contributed by atoms with Gasteiger partial charge >= 0.3 is 0 Å². The molecule has 0 fully saturated rings. The van der Waals surface area contributed by atoms with Crippen molar-refractivity contribution in [1.29, 1.82) is 0 Å². The zero-order valence-corrected chi connectivity index (χ0v) is 16.5. The lowest BCUT2D eigenvalue weighted by Crippen LogP contribution is -2.33. The number of nitrogens with one attached hydrogen (secondary N) is 2. The van der Waals surface area contributed by atoms with Crippen LogP contribution >= 0.6 is 11.6 Å². The third-order valence-corrected chi connectivity index (χ3v) is 4.27. The van der Waals surface area contributed by atoms with Gasteiger partial charge in [-0.1, -0.05) is 23.7 Å². The maximum absolute atomic E-state index is 12.8. The van der Waals surface area contributed by atoms with Crippen LogP contribution in [0.2, 0.25) is 5.02 Å². The van der Waals surface area contributed by atoms with Crippen LogP contribution in [-0.2, 0) is 9.59 Å². The first kappa shape index (κ1) is 21.7. The Morgan fingerprint density at radius 2 is 1.75 bits per heavy atom. The summed E-state index contributed by atoms with van der Waals surface area (Å²) in [6.45, 7) is 2.42. The van der Waals surface area contributed by atoms with Crippen molar-refractivity contribution in [3.05, 3.63) is 64.9 Å². The second-order valence-electron chi connectivity index (χ2n) is 6.37. The van der Waals surface area contributed by atoms with Crippen molar-refractivity contribution in [2.75, 3.05) is 13.2 Å². The zero-order chi connectivity index (χ0) is 20.4. The van der Waals surface area contributed by atoms with E-state index in [1.54, 1.807) is 36.4 Å². The molecule has 0 aliphatic rings. The van der Waals surface area contributed by atoms with Gasteiger partial charge in [-0.25, -0.2) is 4.39 Å². The van der Waals surface area contributed by atoms with E-state index in [4.69, 9.17) is 16.3 Å². The lowest BCUT2D eigenvalue weighted by atomic mass is 10.0. The number of hydrogen-bond donors (Lipinski definition) is 2. The van der Waals surface area contributed by atoms with Gasteiger partial charge in [-0.15, -0.1) is 0 Å². The third-order valence-electron chi connectivity index (χ3n) is 4.02. The van der Waals surface area contributed by atoms with Gasteiger partial charge in [0.2, 0.25) is 11.8 Å². The number of benzene rings is 2. The summed E-state index contributed by atoms with van der Waals surface area (Å²) in [5, 5.41) is 6.24. The summed E-state index contributed by atoms with van der Waals surface area (Å²) in [7, 11) is 0. The molecular formula is C21H24ClFN2O3. The summed E-state index contributed by atoms with van der Waals surface area (Å²) < 4.78 is 18.3. The molecule has 28 heavy (non-hydrogen) atoms. The fourth-order valence-electron chi connectivity index (χ4n) is 2.63. The van der Waals surface area contributed by atoms with Gasteiger partial charge < -0.3 is 15.4 Å². The number of carbonyl (C=O) groups excluding carboxylic acids is 2. The number of ether oxygens (including phenoxy) is 1. The van der Waals surface area contributed by atoms with Gasteiger partial charge in [0.1, 0.15) is 11.6 Å². The summed E-state index contributed by atoms with van der Waals surface area (Å²) >= 11 is 5.89. The SMILES string of the molecule is CC(=O)NC(CC(=O)NCCCCOc1ccc(F)cc1)c1ccc(Cl)cc1.